The molecule has 4 nitrogen and oxygen atoms in total. The highest BCUT2D eigenvalue weighted by molar-refractivity contribution is 5.12. The lowest BCUT2D eigenvalue weighted by molar-refractivity contribution is -0.0950. The maximum absolute atomic E-state index is 5.99. The number of ether oxygens (including phenoxy) is 1. The van der Waals surface area contributed by atoms with Gasteiger partial charge in [0.05, 0.1) is 11.8 Å². The van der Waals surface area contributed by atoms with E-state index < -0.39 is 0 Å². The zero-order valence-corrected chi connectivity index (χ0v) is 12.2. The molecule has 0 saturated heterocycles. The summed E-state index contributed by atoms with van der Waals surface area (Å²) in [6, 6.07) is 6.16. The highest BCUT2D eigenvalue weighted by atomic mass is 16.5. The van der Waals surface area contributed by atoms with Crippen molar-refractivity contribution in [2.45, 2.75) is 44.9 Å². The minimum absolute atomic E-state index is 0.0886. The molecule has 1 aromatic rings. The molecule has 1 fully saturated rings. The van der Waals surface area contributed by atoms with Gasteiger partial charge in [-0.25, -0.2) is 0 Å². The molecule has 0 amide bonds. The number of aryl methyl sites for hydroxylation is 1. The summed E-state index contributed by atoms with van der Waals surface area (Å²) < 4.78 is 5.66. The van der Waals surface area contributed by atoms with Gasteiger partial charge in [0, 0.05) is 30.9 Å². The largest absolute Gasteiger partial charge is 0.378 e. The quantitative estimate of drug-likeness (QED) is 0.849. The minimum atomic E-state index is 0.0886. The van der Waals surface area contributed by atoms with Crippen LogP contribution in [0, 0.1) is 6.92 Å². The smallest absolute Gasteiger partial charge is 0.0611 e. The third-order valence-corrected chi connectivity index (χ3v) is 4.15. The van der Waals surface area contributed by atoms with Gasteiger partial charge < -0.3 is 10.5 Å². The summed E-state index contributed by atoms with van der Waals surface area (Å²) in [5, 5.41) is 0. The van der Waals surface area contributed by atoms with Crippen LogP contribution in [0.4, 0.5) is 0 Å². The predicted molar refractivity (Wildman–Crippen MR) is 76.9 cm³/mol. The molecular weight excluding hydrogens is 238 g/mol. The molecule has 0 atom stereocenters. The van der Waals surface area contributed by atoms with Gasteiger partial charge in [-0.1, -0.05) is 6.07 Å². The van der Waals surface area contributed by atoms with Gasteiger partial charge >= 0.3 is 0 Å². The van der Waals surface area contributed by atoms with Crippen molar-refractivity contribution >= 4 is 0 Å². The number of hydrogen-bond donors (Lipinski definition) is 1. The second-order valence-corrected chi connectivity index (χ2v) is 5.54. The number of rotatable bonds is 6. The van der Waals surface area contributed by atoms with E-state index in [1.807, 2.05) is 19.9 Å². The molecule has 106 valence electrons. The minimum Gasteiger partial charge on any atom is -0.378 e. The first-order chi connectivity index (χ1) is 9.09. The van der Waals surface area contributed by atoms with Crippen LogP contribution >= 0.6 is 0 Å². The van der Waals surface area contributed by atoms with Crippen LogP contribution in [0.3, 0.4) is 0 Å². The highest BCUT2D eigenvalue weighted by Crippen LogP contribution is 2.38. The molecule has 1 aliphatic carbocycles. The van der Waals surface area contributed by atoms with Gasteiger partial charge in [-0.05, 0) is 45.9 Å². The van der Waals surface area contributed by atoms with Gasteiger partial charge in [-0.2, -0.15) is 0 Å². The average Bonchev–Trinajstić information content (AvgIpc) is 2.33. The van der Waals surface area contributed by atoms with Crippen LogP contribution in [0.15, 0.2) is 18.2 Å². The van der Waals surface area contributed by atoms with Crippen molar-refractivity contribution in [1.82, 2.24) is 9.88 Å². The zero-order valence-electron chi connectivity index (χ0n) is 12.2. The lowest BCUT2D eigenvalue weighted by Gasteiger charge is -2.52. The Bertz CT molecular complexity index is 416. The first-order valence-electron chi connectivity index (χ1n) is 7.05. The standard InChI is InChI=1S/C15H25N3O/c1-4-19-14-8-15(9-14,11-16)18(3)10-13-7-5-6-12(2)17-13/h5-7,14H,4,8-11,16H2,1-3H3. The molecule has 0 aliphatic heterocycles. The van der Waals surface area contributed by atoms with E-state index in [-0.39, 0.29) is 5.54 Å². The van der Waals surface area contributed by atoms with Crippen LogP contribution in [-0.4, -0.2) is 41.7 Å². The first kappa shape index (κ1) is 14.4. The number of nitrogens with two attached hydrogens (primary N) is 1. The summed E-state index contributed by atoms with van der Waals surface area (Å²) in [7, 11) is 2.14. The Kier molecular flexibility index (Phi) is 4.55. The number of pyridine rings is 1. The van der Waals surface area contributed by atoms with E-state index in [9.17, 15) is 0 Å². The Balaban J connectivity index is 1.97. The zero-order chi connectivity index (χ0) is 13.9. The van der Waals surface area contributed by atoms with Crippen molar-refractivity contribution in [3.63, 3.8) is 0 Å². The van der Waals surface area contributed by atoms with E-state index in [1.54, 1.807) is 0 Å². The summed E-state index contributed by atoms with van der Waals surface area (Å²) in [5.41, 5.74) is 8.25. The van der Waals surface area contributed by atoms with Crippen LogP contribution in [0.2, 0.25) is 0 Å². The first-order valence-corrected chi connectivity index (χ1v) is 7.05. The molecule has 19 heavy (non-hydrogen) atoms. The summed E-state index contributed by atoms with van der Waals surface area (Å²) in [4.78, 5) is 6.90. The molecule has 1 aliphatic rings. The van der Waals surface area contributed by atoms with Crippen molar-refractivity contribution in [3.8, 4) is 0 Å². The van der Waals surface area contributed by atoms with Gasteiger partial charge in [0.2, 0.25) is 0 Å². The summed E-state index contributed by atoms with van der Waals surface area (Å²) in [6.07, 6.45) is 2.43. The Morgan fingerprint density at radius 1 is 1.47 bits per heavy atom. The molecule has 0 radical (unpaired) electrons. The van der Waals surface area contributed by atoms with E-state index in [0.29, 0.717) is 12.6 Å². The van der Waals surface area contributed by atoms with Crippen molar-refractivity contribution in [2.24, 2.45) is 5.73 Å². The van der Waals surface area contributed by atoms with Gasteiger partial charge in [-0.15, -0.1) is 0 Å². The van der Waals surface area contributed by atoms with E-state index in [2.05, 4.69) is 29.1 Å². The van der Waals surface area contributed by atoms with Gasteiger partial charge in [-0.3, -0.25) is 9.88 Å². The van der Waals surface area contributed by atoms with Gasteiger partial charge in [0.15, 0.2) is 0 Å². The van der Waals surface area contributed by atoms with Crippen molar-refractivity contribution < 1.29 is 4.74 Å². The Labute approximate surface area is 116 Å². The van der Waals surface area contributed by atoms with Crippen molar-refractivity contribution in [1.29, 1.82) is 0 Å². The number of likely N-dealkylation sites (N-methyl/N-ethyl adjacent to an activating group) is 1. The Hall–Kier alpha value is -0.970. The average molecular weight is 263 g/mol. The second-order valence-electron chi connectivity index (χ2n) is 5.54. The fourth-order valence-electron chi connectivity index (χ4n) is 2.87. The predicted octanol–water partition coefficient (Wildman–Crippen LogP) is 1.72. The number of hydrogen-bond acceptors (Lipinski definition) is 4. The lowest BCUT2D eigenvalue weighted by atomic mass is 9.73. The van der Waals surface area contributed by atoms with Gasteiger partial charge in [0.1, 0.15) is 0 Å². The van der Waals surface area contributed by atoms with E-state index >= 15 is 0 Å². The molecule has 0 bridgehead atoms. The summed E-state index contributed by atoms with van der Waals surface area (Å²) in [6.45, 7) is 6.38. The second kappa shape index (κ2) is 5.99. The molecule has 2 rings (SSSR count). The molecule has 0 unspecified atom stereocenters. The molecule has 4 heteroatoms. The van der Waals surface area contributed by atoms with Crippen molar-refractivity contribution in [2.75, 3.05) is 20.2 Å². The fraction of sp³-hybridized carbons (Fsp3) is 0.667. The highest BCUT2D eigenvalue weighted by Gasteiger charge is 2.46. The normalized spacial score (nSPS) is 26.5. The third-order valence-electron chi connectivity index (χ3n) is 4.15. The van der Waals surface area contributed by atoms with E-state index in [4.69, 9.17) is 10.5 Å². The van der Waals surface area contributed by atoms with Crippen LogP contribution in [0.5, 0.6) is 0 Å². The molecular formula is C15H25N3O. The Morgan fingerprint density at radius 2 is 2.21 bits per heavy atom. The molecule has 1 saturated carbocycles. The Morgan fingerprint density at radius 3 is 2.79 bits per heavy atom. The number of aromatic nitrogens is 1. The lowest BCUT2D eigenvalue weighted by Crippen LogP contribution is -2.62. The summed E-state index contributed by atoms with van der Waals surface area (Å²) >= 11 is 0. The van der Waals surface area contributed by atoms with E-state index in [0.717, 1.165) is 37.4 Å². The molecule has 2 N–H and O–H groups in total. The van der Waals surface area contributed by atoms with Crippen LogP contribution in [0.25, 0.3) is 0 Å². The van der Waals surface area contributed by atoms with Crippen molar-refractivity contribution in [3.05, 3.63) is 29.6 Å². The number of nitrogens with zero attached hydrogens (tertiary/aromatic N) is 2. The molecule has 0 spiro atoms. The van der Waals surface area contributed by atoms with E-state index in [1.165, 1.54) is 0 Å². The molecule has 1 heterocycles. The fourth-order valence-corrected chi connectivity index (χ4v) is 2.87. The third kappa shape index (κ3) is 3.14. The maximum Gasteiger partial charge on any atom is 0.0611 e. The maximum atomic E-state index is 5.99. The van der Waals surface area contributed by atoms with Gasteiger partial charge in [0.25, 0.3) is 0 Å². The monoisotopic (exact) mass is 263 g/mol. The molecule has 0 aromatic carbocycles. The summed E-state index contributed by atoms with van der Waals surface area (Å²) in [5.74, 6) is 0. The van der Waals surface area contributed by atoms with Crippen LogP contribution in [0.1, 0.15) is 31.2 Å². The van der Waals surface area contributed by atoms with Crippen LogP contribution in [-0.2, 0) is 11.3 Å². The van der Waals surface area contributed by atoms with Crippen LogP contribution < -0.4 is 5.73 Å². The SMILES string of the molecule is CCOC1CC(CN)(N(C)Cc2cccc(C)n2)C1. The molecule has 1 aromatic heterocycles. The topological polar surface area (TPSA) is 51.4 Å².